The molecule has 1 fully saturated rings. The summed E-state index contributed by atoms with van der Waals surface area (Å²) in [7, 11) is -4.05. The summed E-state index contributed by atoms with van der Waals surface area (Å²) in [5.74, 6) is -3.34. The van der Waals surface area contributed by atoms with Crippen LogP contribution in [0.25, 0.3) is 0 Å². The molecular formula is C30H41N9O8S. The van der Waals surface area contributed by atoms with E-state index in [9.17, 15) is 37.7 Å². The molecule has 2 atom stereocenters. The third kappa shape index (κ3) is 9.47. The molecule has 0 saturated carbocycles. The quantitative estimate of drug-likeness (QED) is 0.0560. The minimum absolute atomic E-state index is 0.0402. The van der Waals surface area contributed by atoms with Gasteiger partial charge < -0.3 is 27.4 Å². The van der Waals surface area contributed by atoms with Crippen molar-refractivity contribution in [3.05, 3.63) is 63.7 Å². The summed E-state index contributed by atoms with van der Waals surface area (Å²) in [6.07, 6.45) is 0.699. The predicted molar refractivity (Wildman–Crippen MR) is 177 cm³/mol. The van der Waals surface area contributed by atoms with Gasteiger partial charge in [0.25, 0.3) is 17.5 Å². The van der Waals surface area contributed by atoms with Crippen molar-refractivity contribution >= 4 is 51.0 Å². The van der Waals surface area contributed by atoms with Gasteiger partial charge in [0.05, 0.1) is 16.4 Å². The Morgan fingerprint density at radius 1 is 1.10 bits per heavy atom. The number of guanidine groups is 1. The van der Waals surface area contributed by atoms with E-state index in [0.29, 0.717) is 6.42 Å². The smallest absolute Gasteiger partial charge is 0.282 e. The lowest BCUT2D eigenvalue weighted by Gasteiger charge is -2.35. The van der Waals surface area contributed by atoms with Crippen molar-refractivity contribution < 1.29 is 32.5 Å². The molecule has 2 aromatic rings. The predicted octanol–water partition coefficient (Wildman–Crippen LogP) is 0.251. The molecule has 17 nitrogen and oxygen atoms in total. The fourth-order valence-electron chi connectivity index (χ4n) is 5.25. The molecule has 2 aromatic carbocycles. The van der Waals surface area contributed by atoms with Gasteiger partial charge in [0.15, 0.2) is 5.96 Å². The highest BCUT2D eigenvalue weighted by molar-refractivity contribution is 7.89. The number of likely N-dealkylation sites (tertiary alicyclic amines) is 1. The standard InChI is InChI=1S/C30H41N9O8S/c1-18(2)36-28(42)22-16-20(10-13-23(22)39(44)45)38(24(27(31)41)6-4-14-34-30(32)33)29(43)25-7-5-15-37(25)26(40)17-35-48(46,47)21-11-8-19(3)9-12-21/h8-13,16,18,24-25,35H,4-7,14-15,17H2,1-3H3,(H2,31,41)(H,36,42)(H4,32,33,34)/t24-,25-/m0/s1. The number of hydrogen-bond donors (Lipinski definition) is 5. The number of amides is 4. The van der Waals surface area contributed by atoms with Crippen LogP contribution in [0.15, 0.2) is 52.4 Å². The minimum Gasteiger partial charge on any atom is -0.370 e. The first-order valence-electron chi connectivity index (χ1n) is 15.2. The average Bonchev–Trinajstić information content (AvgIpc) is 3.51. The highest BCUT2D eigenvalue weighted by atomic mass is 32.2. The number of primary amides is 1. The molecule has 3 rings (SSSR count). The maximum atomic E-state index is 14.4. The largest absolute Gasteiger partial charge is 0.370 e. The molecule has 4 amide bonds. The van der Waals surface area contributed by atoms with Gasteiger partial charge in [-0.1, -0.05) is 17.7 Å². The van der Waals surface area contributed by atoms with Crippen LogP contribution in [0, 0.1) is 17.0 Å². The summed E-state index contributed by atoms with van der Waals surface area (Å²) in [5.41, 5.74) is 16.5. The zero-order valence-corrected chi connectivity index (χ0v) is 27.7. The van der Waals surface area contributed by atoms with Crippen LogP contribution >= 0.6 is 0 Å². The number of nitrogens with one attached hydrogen (secondary N) is 2. The normalized spacial score (nSPS) is 15.1. The molecule has 0 bridgehead atoms. The third-order valence-electron chi connectivity index (χ3n) is 7.53. The highest BCUT2D eigenvalue weighted by Gasteiger charge is 2.41. The summed E-state index contributed by atoms with van der Waals surface area (Å²) in [6.45, 7) is 4.68. The Morgan fingerprint density at radius 3 is 2.35 bits per heavy atom. The van der Waals surface area contributed by atoms with Gasteiger partial charge in [-0.25, -0.2) is 13.1 Å². The first-order chi connectivity index (χ1) is 22.5. The molecule has 18 heteroatoms. The number of nitrogens with zero attached hydrogens (tertiary/aromatic N) is 4. The molecular weight excluding hydrogens is 646 g/mol. The van der Waals surface area contributed by atoms with Crippen LogP contribution in [0.3, 0.4) is 0 Å². The van der Waals surface area contributed by atoms with Gasteiger partial charge in [-0.15, -0.1) is 0 Å². The Bertz CT molecular complexity index is 1680. The van der Waals surface area contributed by atoms with E-state index >= 15 is 0 Å². The molecule has 1 aliphatic heterocycles. The molecule has 0 aromatic heterocycles. The second-order valence-corrected chi connectivity index (χ2v) is 13.3. The zero-order chi connectivity index (χ0) is 35.8. The lowest BCUT2D eigenvalue weighted by atomic mass is 10.0. The number of hydrogen-bond acceptors (Lipinski definition) is 9. The Balaban J connectivity index is 2.00. The van der Waals surface area contributed by atoms with Crippen molar-refractivity contribution in [2.75, 3.05) is 24.5 Å². The topological polar surface area (TPSA) is 267 Å². The lowest BCUT2D eigenvalue weighted by Crippen LogP contribution is -2.56. The zero-order valence-electron chi connectivity index (χ0n) is 26.9. The van der Waals surface area contributed by atoms with Gasteiger partial charge in [0.2, 0.25) is 21.8 Å². The van der Waals surface area contributed by atoms with Crippen molar-refractivity contribution in [2.45, 2.75) is 69.5 Å². The lowest BCUT2D eigenvalue weighted by molar-refractivity contribution is -0.385. The Morgan fingerprint density at radius 2 is 1.77 bits per heavy atom. The summed E-state index contributed by atoms with van der Waals surface area (Å²) < 4.78 is 27.9. The SMILES string of the molecule is Cc1ccc(S(=O)(=O)NCC(=O)N2CCC[C@H]2C(=O)N(c2ccc([N+](=O)[O-])c(C(=O)NC(C)C)c2)[C@@H](CCCN=C(N)N)C(N)=O)cc1. The third-order valence-corrected chi connectivity index (χ3v) is 8.95. The van der Waals surface area contributed by atoms with Gasteiger partial charge in [-0.2, -0.15) is 0 Å². The van der Waals surface area contributed by atoms with Crippen LogP contribution < -0.4 is 32.1 Å². The molecule has 1 heterocycles. The van der Waals surface area contributed by atoms with Crippen molar-refractivity contribution in [3.63, 3.8) is 0 Å². The Kier molecular flexibility index (Phi) is 12.6. The molecule has 8 N–H and O–H groups in total. The minimum atomic E-state index is -4.05. The van der Waals surface area contributed by atoms with Crippen LogP contribution in [-0.2, 0) is 24.4 Å². The average molecular weight is 688 g/mol. The number of benzene rings is 2. The Hall–Kier alpha value is -5.10. The van der Waals surface area contributed by atoms with E-state index < -0.39 is 62.9 Å². The van der Waals surface area contributed by atoms with E-state index in [-0.39, 0.29) is 60.5 Å². The van der Waals surface area contributed by atoms with E-state index in [1.165, 1.54) is 23.1 Å². The van der Waals surface area contributed by atoms with Crippen LogP contribution in [-0.4, -0.2) is 85.6 Å². The summed E-state index contributed by atoms with van der Waals surface area (Å²) in [6, 6.07) is 6.54. The number of aliphatic imine (C=N–C) groups is 1. The number of carbonyl (C=O) groups excluding carboxylic acids is 4. The molecule has 1 saturated heterocycles. The maximum absolute atomic E-state index is 14.4. The van der Waals surface area contributed by atoms with Gasteiger partial charge in [-0.3, -0.25) is 39.2 Å². The van der Waals surface area contributed by atoms with Gasteiger partial charge in [0, 0.05) is 30.9 Å². The van der Waals surface area contributed by atoms with E-state index in [0.717, 1.165) is 22.6 Å². The summed E-state index contributed by atoms with van der Waals surface area (Å²) in [4.78, 5) is 70.8. The van der Waals surface area contributed by atoms with E-state index in [2.05, 4.69) is 15.0 Å². The van der Waals surface area contributed by atoms with E-state index in [4.69, 9.17) is 17.2 Å². The van der Waals surface area contributed by atoms with Gasteiger partial charge in [0.1, 0.15) is 17.6 Å². The first kappa shape index (κ1) is 37.4. The Labute approximate surface area is 278 Å². The summed E-state index contributed by atoms with van der Waals surface area (Å²) in [5, 5.41) is 14.4. The van der Waals surface area contributed by atoms with Gasteiger partial charge >= 0.3 is 0 Å². The number of carbonyl (C=O) groups is 4. The maximum Gasteiger partial charge on any atom is 0.282 e. The van der Waals surface area contributed by atoms with Gasteiger partial charge in [-0.05, 0) is 70.7 Å². The number of nitro benzene ring substituents is 1. The van der Waals surface area contributed by atoms with Crippen molar-refractivity contribution in [3.8, 4) is 0 Å². The molecule has 260 valence electrons. The molecule has 48 heavy (non-hydrogen) atoms. The van der Waals surface area contributed by atoms with Crippen molar-refractivity contribution in [1.82, 2.24) is 14.9 Å². The van der Waals surface area contributed by atoms with Crippen LogP contribution in [0.1, 0.15) is 55.5 Å². The second kappa shape index (κ2) is 16.1. The second-order valence-electron chi connectivity index (χ2n) is 11.5. The highest BCUT2D eigenvalue weighted by Crippen LogP contribution is 2.31. The fourth-order valence-corrected chi connectivity index (χ4v) is 6.22. The summed E-state index contributed by atoms with van der Waals surface area (Å²) >= 11 is 0. The number of nitro groups is 1. The molecule has 0 spiro atoms. The van der Waals surface area contributed by atoms with Crippen LogP contribution in [0.5, 0.6) is 0 Å². The molecule has 0 unspecified atom stereocenters. The number of aryl methyl sites for hydroxylation is 1. The van der Waals surface area contributed by atoms with Crippen LogP contribution in [0.4, 0.5) is 11.4 Å². The fraction of sp³-hybridized carbons (Fsp3) is 0.433. The number of rotatable bonds is 15. The number of sulfonamides is 1. The molecule has 0 aliphatic carbocycles. The van der Waals surface area contributed by atoms with E-state index in [1.54, 1.807) is 32.9 Å². The van der Waals surface area contributed by atoms with E-state index in [1.807, 2.05) is 0 Å². The van der Waals surface area contributed by atoms with Crippen molar-refractivity contribution in [1.29, 1.82) is 0 Å². The van der Waals surface area contributed by atoms with Crippen LogP contribution in [0.2, 0.25) is 0 Å². The molecule has 0 radical (unpaired) electrons. The monoisotopic (exact) mass is 687 g/mol. The number of nitrogens with two attached hydrogens (primary N) is 3. The number of anilines is 1. The van der Waals surface area contributed by atoms with Crippen molar-refractivity contribution in [2.24, 2.45) is 22.2 Å². The first-order valence-corrected chi connectivity index (χ1v) is 16.6. The molecule has 1 aliphatic rings.